The van der Waals surface area contributed by atoms with Gasteiger partial charge in [-0.05, 0) is 42.5 Å². The minimum atomic E-state index is -0.913. The van der Waals surface area contributed by atoms with E-state index in [9.17, 15) is 13.9 Å². The molecule has 1 N–H and O–H groups in total. The number of aromatic nitrogens is 4. The van der Waals surface area contributed by atoms with Crippen molar-refractivity contribution in [1.29, 1.82) is 0 Å². The molecule has 7 nitrogen and oxygen atoms in total. The third kappa shape index (κ3) is 4.58. The molecule has 0 aliphatic heterocycles. The fourth-order valence-corrected chi connectivity index (χ4v) is 4.42. The van der Waals surface area contributed by atoms with Crippen LogP contribution in [0.15, 0.2) is 36.7 Å². The Labute approximate surface area is 191 Å². The number of hydrogen-bond acceptors (Lipinski definition) is 7. The highest BCUT2D eigenvalue weighted by Gasteiger charge is 2.35. The Morgan fingerprint density at radius 2 is 1.94 bits per heavy atom. The van der Waals surface area contributed by atoms with Crippen LogP contribution in [0.4, 0.5) is 14.6 Å². The van der Waals surface area contributed by atoms with Gasteiger partial charge < -0.3 is 14.7 Å². The van der Waals surface area contributed by atoms with Crippen molar-refractivity contribution in [3.8, 4) is 34.1 Å². The monoisotopic (exact) mass is 455 g/mol. The molecule has 0 amide bonds. The molecule has 2 heterocycles. The molecule has 0 saturated heterocycles. The van der Waals surface area contributed by atoms with Gasteiger partial charge in [0, 0.05) is 18.8 Å². The van der Waals surface area contributed by atoms with Gasteiger partial charge in [0.2, 0.25) is 5.88 Å². The van der Waals surface area contributed by atoms with Crippen LogP contribution in [0.1, 0.15) is 32.6 Å². The lowest BCUT2D eigenvalue weighted by atomic mass is 9.82. The highest BCUT2D eigenvalue weighted by Crippen LogP contribution is 2.35. The predicted molar refractivity (Wildman–Crippen MR) is 121 cm³/mol. The standard InChI is InChI=1S/C24H27F2N5O2/c1-4-14-6-5-7-19(22(14)26)31(2)21-13-27-23(30-29-21)17-9-8-15(11-20(17)32)16-10-18(25)24(33-3)28-12-16/h8-14,19,22,32H,4-7H2,1-3H3/t14-,19+,22-/m1/s1. The Morgan fingerprint density at radius 3 is 2.58 bits per heavy atom. The molecular formula is C24H27F2N5O2. The van der Waals surface area contributed by atoms with Crippen molar-refractivity contribution >= 4 is 5.82 Å². The van der Waals surface area contributed by atoms with Crippen LogP contribution in [0.5, 0.6) is 11.6 Å². The fourth-order valence-electron chi connectivity index (χ4n) is 4.42. The maximum Gasteiger partial charge on any atom is 0.250 e. The van der Waals surface area contributed by atoms with E-state index in [0.29, 0.717) is 22.5 Å². The van der Waals surface area contributed by atoms with Gasteiger partial charge in [0.1, 0.15) is 11.9 Å². The van der Waals surface area contributed by atoms with Crippen molar-refractivity contribution < 1.29 is 18.6 Å². The number of halogens is 2. The third-order valence-electron chi connectivity index (χ3n) is 6.40. The quantitative estimate of drug-likeness (QED) is 0.571. The number of nitrogens with zero attached hydrogens (tertiary/aromatic N) is 5. The third-order valence-corrected chi connectivity index (χ3v) is 6.40. The van der Waals surface area contributed by atoms with E-state index in [0.717, 1.165) is 25.7 Å². The number of phenols is 1. The zero-order valence-electron chi connectivity index (χ0n) is 18.9. The first kappa shape index (κ1) is 22.8. The molecule has 33 heavy (non-hydrogen) atoms. The van der Waals surface area contributed by atoms with Crippen LogP contribution in [0.25, 0.3) is 22.5 Å². The number of methoxy groups -OCH3 is 1. The van der Waals surface area contributed by atoms with Crippen LogP contribution in [-0.2, 0) is 0 Å². The summed E-state index contributed by atoms with van der Waals surface area (Å²) in [5.74, 6) is 0.0251. The summed E-state index contributed by atoms with van der Waals surface area (Å²) in [6, 6.07) is 5.87. The van der Waals surface area contributed by atoms with E-state index in [1.807, 2.05) is 18.9 Å². The number of phenolic OH excluding ortho intramolecular Hbond substituents is 1. The number of alkyl halides is 1. The van der Waals surface area contributed by atoms with Crippen molar-refractivity contribution in [2.75, 3.05) is 19.1 Å². The van der Waals surface area contributed by atoms with E-state index in [1.54, 1.807) is 18.3 Å². The van der Waals surface area contributed by atoms with Gasteiger partial charge in [-0.3, -0.25) is 0 Å². The zero-order valence-corrected chi connectivity index (χ0v) is 18.9. The summed E-state index contributed by atoms with van der Waals surface area (Å²) in [5, 5.41) is 18.9. The average molecular weight is 456 g/mol. The van der Waals surface area contributed by atoms with Gasteiger partial charge in [0.15, 0.2) is 17.5 Å². The SMILES string of the molecule is CC[C@@H]1CCC[C@H](N(C)c2cnc(-c3ccc(-c4cnc(OC)c(F)c4)cc3O)nn2)[C@@H]1F. The number of hydrogen-bond donors (Lipinski definition) is 1. The summed E-state index contributed by atoms with van der Waals surface area (Å²) in [6.45, 7) is 2.02. The van der Waals surface area contributed by atoms with Crippen LogP contribution in [0, 0.1) is 11.7 Å². The second-order valence-corrected chi connectivity index (χ2v) is 8.31. The van der Waals surface area contributed by atoms with Crippen molar-refractivity contribution in [2.24, 2.45) is 5.92 Å². The van der Waals surface area contributed by atoms with Crippen molar-refractivity contribution in [1.82, 2.24) is 20.2 Å². The van der Waals surface area contributed by atoms with Crippen LogP contribution >= 0.6 is 0 Å². The normalized spacial score (nSPS) is 20.5. The molecule has 0 bridgehead atoms. The summed E-state index contributed by atoms with van der Waals surface area (Å²) in [4.78, 5) is 10.1. The zero-order chi connectivity index (χ0) is 23.5. The molecule has 3 atom stereocenters. The molecule has 1 fully saturated rings. The molecule has 0 unspecified atom stereocenters. The van der Waals surface area contributed by atoms with E-state index in [4.69, 9.17) is 4.74 Å². The first-order valence-corrected chi connectivity index (χ1v) is 11.0. The summed E-state index contributed by atoms with van der Waals surface area (Å²) >= 11 is 0. The molecule has 3 aromatic rings. The van der Waals surface area contributed by atoms with Gasteiger partial charge in [-0.1, -0.05) is 25.8 Å². The number of ether oxygens (including phenoxy) is 1. The van der Waals surface area contributed by atoms with Gasteiger partial charge >= 0.3 is 0 Å². The van der Waals surface area contributed by atoms with E-state index >= 15 is 0 Å². The second kappa shape index (κ2) is 9.64. The lowest BCUT2D eigenvalue weighted by Gasteiger charge is -2.38. The Bertz CT molecular complexity index is 1110. The first-order chi connectivity index (χ1) is 15.9. The second-order valence-electron chi connectivity index (χ2n) is 8.31. The Morgan fingerprint density at radius 1 is 1.12 bits per heavy atom. The van der Waals surface area contributed by atoms with E-state index in [1.165, 1.54) is 25.4 Å². The van der Waals surface area contributed by atoms with Crippen molar-refractivity contribution in [3.05, 3.63) is 42.5 Å². The van der Waals surface area contributed by atoms with Gasteiger partial charge in [-0.25, -0.2) is 18.7 Å². The Hall–Kier alpha value is -3.36. The molecule has 174 valence electrons. The van der Waals surface area contributed by atoms with Crippen LogP contribution in [0.3, 0.4) is 0 Å². The number of anilines is 1. The van der Waals surface area contributed by atoms with Crippen LogP contribution in [-0.4, -0.2) is 51.6 Å². The summed E-state index contributed by atoms with van der Waals surface area (Å²) < 4.78 is 33.7. The highest BCUT2D eigenvalue weighted by molar-refractivity contribution is 5.72. The van der Waals surface area contributed by atoms with Crippen molar-refractivity contribution in [2.45, 2.75) is 44.8 Å². The van der Waals surface area contributed by atoms with Crippen LogP contribution in [0.2, 0.25) is 0 Å². The number of pyridine rings is 1. The molecule has 1 saturated carbocycles. The summed E-state index contributed by atoms with van der Waals surface area (Å²) in [7, 11) is 3.16. The Kier molecular flexibility index (Phi) is 6.67. The lowest BCUT2D eigenvalue weighted by Crippen LogP contribution is -2.45. The molecule has 1 aliphatic rings. The summed E-state index contributed by atoms with van der Waals surface area (Å²) in [5.41, 5.74) is 1.45. The minimum absolute atomic E-state index is 0.0660. The van der Waals surface area contributed by atoms with Gasteiger partial charge in [-0.15, -0.1) is 10.2 Å². The van der Waals surface area contributed by atoms with Crippen molar-refractivity contribution in [3.63, 3.8) is 0 Å². The minimum Gasteiger partial charge on any atom is -0.507 e. The maximum atomic E-state index is 14.9. The molecule has 2 aromatic heterocycles. The molecule has 1 aliphatic carbocycles. The number of benzene rings is 1. The maximum absolute atomic E-state index is 14.9. The van der Waals surface area contributed by atoms with E-state index in [-0.39, 0.29) is 29.4 Å². The predicted octanol–water partition coefficient (Wildman–Crippen LogP) is 4.81. The topological polar surface area (TPSA) is 84.3 Å². The summed E-state index contributed by atoms with van der Waals surface area (Å²) in [6.07, 6.45) is 5.58. The van der Waals surface area contributed by atoms with E-state index in [2.05, 4.69) is 20.2 Å². The van der Waals surface area contributed by atoms with Gasteiger partial charge in [0.25, 0.3) is 0 Å². The average Bonchev–Trinajstić information content (AvgIpc) is 2.84. The largest absolute Gasteiger partial charge is 0.507 e. The molecular weight excluding hydrogens is 428 g/mol. The van der Waals surface area contributed by atoms with Crippen LogP contribution < -0.4 is 9.64 Å². The molecule has 1 aromatic carbocycles. The number of aromatic hydroxyl groups is 1. The Balaban J connectivity index is 1.53. The van der Waals surface area contributed by atoms with Gasteiger partial charge in [-0.2, -0.15) is 0 Å². The molecule has 0 spiro atoms. The highest BCUT2D eigenvalue weighted by atomic mass is 19.1. The first-order valence-electron chi connectivity index (χ1n) is 11.0. The smallest absolute Gasteiger partial charge is 0.250 e. The molecule has 0 radical (unpaired) electrons. The fraction of sp³-hybridized carbons (Fsp3) is 0.417. The number of rotatable bonds is 6. The molecule has 4 rings (SSSR count). The molecule has 9 heteroatoms. The van der Waals surface area contributed by atoms with Gasteiger partial charge in [0.05, 0.1) is 24.9 Å². The van der Waals surface area contributed by atoms with E-state index < -0.39 is 12.0 Å². The lowest BCUT2D eigenvalue weighted by molar-refractivity contribution is 0.134.